The molecule has 4 nitrogen and oxygen atoms in total. The van der Waals surface area contributed by atoms with Gasteiger partial charge in [-0.1, -0.05) is 0 Å². The maximum atomic E-state index is 8.74. The fraction of sp³-hybridized carbons (Fsp3) is 0.143. The molecule has 0 atom stereocenters. The molecule has 0 amide bonds. The minimum Gasteiger partial charge on any atom is -0.390 e. The molecular weight excluding hydrogens is 142 g/mol. The Bertz CT molecular complexity index is 335. The van der Waals surface area contributed by atoms with Gasteiger partial charge in [-0.3, -0.25) is 0 Å². The lowest BCUT2D eigenvalue weighted by Gasteiger charge is -1.85. The molecule has 2 aromatic rings. The summed E-state index contributed by atoms with van der Waals surface area (Å²) in [6, 6.07) is 3.65. The van der Waals surface area contributed by atoms with Gasteiger partial charge in [-0.2, -0.15) is 5.10 Å². The zero-order chi connectivity index (χ0) is 7.68. The number of aliphatic hydroxyl groups excluding tert-OH is 1. The summed E-state index contributed by atoms with van der Waals surface area (Å²) in [4.78, 5) is 4.08. The van der Waals surface area contributed by atoms with Crippen LogP contribution in [0.1, 0.15) is 5.69 Å². The van der Waals surface area contributed by atoms with Crippen molar-refractivity contribution in [2.24, 2.45) is 0 Å². The lowest BCUT2D eigenvalue weighted by atomic mass is 10.5. The molecular formula is C7H7N3O. The third-order valence-electron chi connectivity index (χ3n) is 1.45. The van der Waals surface area contributed by atoms with Crippen LogP contribution >= 0.6 is 0 Å². The summed E-state index contributed by atoms with van der Waals surface area (Å²) >= 11 is 0. The predicted octanol–water partition coefficient (Wildman–Crippen LogP) is 0.222. The van der Waals surface area contributed by atoms with Crippen LogP contribution in [0.5, 0.6) is 0 Å². The normalized spacial score (nSPS) is 10.6. The Kier molecular flexibility index (Phi) is 1.33. The summed E-state index contributed by atoms with van der Waals surface area (Å²) in [5, 5.41) is 12.7. The monoisotopic (exact) mass is 149 g/mol. The minimum absolute atomic E-state index is 0.0383. The molecule has 0 bridgehead atoms. The van der Waals surface area contributed by atoms with E-state index < -0.39 is 0 Å². The zero-order valence-electron chi connectivity index (χ0n) is 5.81. The highest BCUT2D eigenvalue weighted by atomic mass is 16.3. The molecule has 0 aliphatic carbocycles. The van der Waals surface area contributed by atoms with Crippen molar-refractivity contribution < 1.29 is 5.11 Å². The molecule has 1 N–H and O–H groups in total. The first-order chi connectivity index (χ1) is 5.40. The van der Waals surface area contributed by atoms with Gasteiger partial charge in [-0.25, -0.2) is 9.50 Å². The van der Waals surface area contributed by atoms with E-state index >= 15 is 0 Å². The van der Waals surface area contributed by atoms with Crippen LogP contribution in [0.15, 0.2) is 24.5 Å². The fourth-order valence-corrected chi connectivity index (χ4v) is 0.956. The van der Waals surface area contributed by atoms with Crippen LogP contribution in [0.2, 0.25) is 0 Å². The number of nitrogens with zero attached hydrogens (tertiary/aromatic N) is 3. The first kappa shape index (κ1) is 6.30. The lowest BCUT2D eigenvalue weighted by Crippen LogP contribution is -1.85. The predicted molar refractivity (Wildman–Crippen MR) is 38.9 cm³/mol. The van der Waals surface area contributed by atoms with Gasteiger partial charge in [0.25, 0.3) is 0 Å². The molecule has 0 saturated carbocycles. The summed E-state index contributed by atoms with van der Waals surface area (Å²) in [6.45, 7) is -0.0383. The molecule has 11 heavy (non-hydrogen) atoms. The SMILES string of the molecule is OCc1cn2ncccc2n1. The smallest absolute Gasteiger partial charge is 0.153 e. The molecule has 56 valence electrons. The van der Waals surface area contributed by atoms with Crippen molar-refractivity contribution in [1.29, 1.82) is 0 Å². The van der Waals surface area contributed by atoms with Gasteiger partial charge >= 0.3 is 0 Å². The van der Waals surface area contributed by atoms with E-state index in [1.54, 1.807) is 16.9 Å². The molecule has 0 aromatic carbocycles. The Morgan fingerprint density at radius 1 is 1.55 bits per heavy atom. The van der Waals surface area contributed by atoms with E-state index in [9.17, 15) is 0 Å². The molecule has 0 aliphatic heterocycles. The first-order valence-electron chi connectivity index (χ1n) is 3.30. The van der Waals surface area contributed by atoms with E-state index in [-0.39, 0.29) is 6.61 Å². The van der Waals surface area contributed by atoms with E-state index in [1.165, 1.54) is 0 Å². The van der Waals surface area contributed by atoms with Crippen molar-refractivity contribution in [3.8, 4) is 0 Å². The van der Waals surface area contributed by atoms with Crippen LogP contribution in [-0.4, -0.2) is 19.7 Å². The Hall–Kier alpha value is -1.42. The molecule has 0 radical (unpaired) electrons. The average Bonchev–Trinajstić information content (AvgIpc) is 2.46. The van der Waals surface area contributed by atoms with Gasteiger partial charge in [0, 0.05) is 6.20 Å². The van der Waals surface area contributed by atoms with Gasteiger partial charge in [0.05, 0.1) is 18.5 Å². The van der Waals surface area contributed by atoms with E-state index in [0.717, 1.165) is 5.65 Å². The number of aliphatic hydroxyl groups is 1. The number of rotatable bonds is 1. The van der Waals surface area contributed by atoms with Crippen molar-refractivity contribution in [3.63, 3.8) is 0 Å². The van der Waals surface area contributed by atoms with Crippen molar-refractivity contribution in [1.82, 2.24) is 14.6 Å². The second kappa shape index (κ2) is 2.32. The van der Waals surface area contributed by atoms with Crippen LogP contribution in [0.3, 0.4) is 0 Å². The van der Waals surface area contributed by atoms with Gasteiger partial charge < -0.3 is 5.11 Å². The molecule has 0 fully saturated rings. The quantitative estimate of drug-likeness (QED) is 0.631. The van der Waals surface area contributed by atoms with Gasteiger partial charge in [0.2, 0.25) is 0 Å². The van der Waals surface area contributed by atoms with Crippen LogP contribution in [0.25, 0.3) is 5.65 Å². The van der Waals surface area contributed by atoms with E-state index in [4.69, 9.17) is 5.11 Å². The van der Waals surface area contributed by atoms with E-state index in [0.29, 0.717) is 5.69 Å². The number of aromatic nitrogens is 3. The van der Waals surface area contributed by atoms with Crippen LogP contribution < -0.4 is 0 Å². The minimum atomic E-state index is -0.0383. The average molecular weight is 149 g/mol. The van der Waals surface area contributed by atoms with Crippen LogP contribution in [0.4, 0.5) is 0 Å². The second-order valence-electron chi connectivity index (χ2n) is 2.22. The topological polar surface area (TPSA) is 50.4 Å². The van der Waals surface area contributed by atoms with Gasteiger partial charge in [-0.05, 0) is 12.1 Å². The van der Waals surface area contributed by atoms with Crippen LogP contribution in [-0.2, 0) is 6.61 Å². The molecule has 0 saturated heterocycles. The molecule has 2 aromatic heterocycles. The fourth-order valence-electron chi connectivity index (χ4n) is 0.956. The second-order valence-corrected chi connectivity index (χ2v) is 2.22. The number of fused-ring (bicyclic) bond motifs is 1. The summed E-state index contributed by atoms with van der Waals surface area (Å²) in [5.41, 5.74) is 1.40. The Morgan fingerprint density at radius 3 is 3.18 bits per heavy atom. The standard InChI is InChI=1S/C7H7N3O/c11-5-6-4-10-7(9-6)2-1-3-8-10/h1-4,11H,5H2. The van der Waals surface area contributed by atoms with Crippen molar-refractivity contribution >= 4 is 5.65 Å². The maximum Gasteiger partial charge on any atom is 0.153 e. The summed E-state index contributed by atoms with van der Waals surface area (Å²) in [7, 11) is 0. The maximum absolute atomic E-state index is 8.74. The first-order valence-corrected chi connectivity index (χ1v) is 3.30. The van der Waals surface area contributed by atoms with Crippen molar-refractivity contribution in [2.45, 2.75) is 6.61 Å². The summed E-state index contributed by atoms with van der Waals surface area (Å²) < 4.78 is 1.63. The van der Waals surface area contributed by atoms with Crippen LogP contribution in [0, 0.1) is 0 Å². The number of hydrogen-bond acceptors (Lipinski definition) is 3. The highest BCUT2D eigenvalue weighted by Gasteiger charge is 1.97. The Balaban J connectivity index is 2.69. The van der Waals surface area contributed by atoms with Crippen molar-refractivity contribution in [2.75, 3.05) is 0 Å². The third kappa shape index (κ3) is 0.969. The number of imidazole rings is 1. The van der Waals surface area contributed by atoms with Gasteiger partial charge in [0.1, 0.15) is 0 Å². The highest BCUT2D eigenvalue weighted by molar-refractivity contribution is 5.36. The number of hydrogen-bond donors (Lipinski definition) is 1. The molecule has 2 rings (SSSR count). The van der Waals surface area contributed by atoms with Crippen molar-refractivity contribution in [3.05, 3.63) is 30.2 Å². The molecule has 0 spiro atoms. The third-order valence-corrected chi connectivity index (χ3v) is 1.45. The highest BCUT2D eigenvalue weighted by Crippen LogP contribution is 2.01. The molecule has 4 heteroatoms. The Labute approximate surface area is 63.1 Å². The molecule has 0 aliphatic rings. The van der Waals surface area contributed by atoms with Gasteiger partial charge in [0.15, 0.2) is 5.65 Å². The molecule has 2 heterocycles. The lowest BCUT2D eigenvalue weighted by molar-refractivity contribution is 0.277. The van der Waals surface area contributed by atoms with Gasteiger partial charge in [-0.15, -0.1) is 0 Å². The largest absolute Gasteiger partial charge is 0.390 e. The summed E-state index contributed by atoms with van der Waals surface area (Å²) in [6.07, 6.45) is 3.38. The summed E-state index contributed by atoms with van der Waals surface area (Å²) in [5.74, 6) is 0. The Morgan fingerprint density at radius 2 is 2.45 bits per heavy atom. The van der Waals surface area contributed by atoms with E-state index in [2.05, 4.69) is 10.1 Å². The zero-order valence-corrected chi connectivity index (χ0v) is 5.81. The van der Waals surface area contributed by atoms with E-state index in [1.807, 2.05) is 12.1 Å². The molecule has 0 unspecified atom stereocenters.